The molecule has 4 aromatic rings. The first kappa shape index (κ1) is 24.5. The van der Waals surface area contributed by atoms with Crippen molar-refractivity contribution < 1.29 is 24.2 Å². The third-order valence-electron chi connectivity index (χ3n) is 5.71. The van der Waals surface area contributed by atoms with Crippen molar-refractivity contribution in [1.29, 1.82) is 0 Å². The summed E-state index contributed by atoms with van der Waals surface area (Å²) in [5.74, 6) is 0.963. The number of hydrogen-bond acceptors (Lipinski definition) is 6. The van der Waals surface area contributed by atoms with E-state index < -0.39 is 0 Å². The van der Waals surface area contributed by atoms with Crippen LogP contribution in [-0.4, -0.2) is 17.4 Å². The van der Waals surface area contributed by atoms with Crippen molar-refractivity contribution in [3.05, 3.63) is 92.0 Å². The maximum absolute atomic E-state index is 13.8. The summed E-state index contributed by atoms with van der Waals surface area (Å²) >= 11 is 7.46. The summed E-state index contributed by atoms with van der Waals surface area (Å²) in [6, 6.07) is 12.2. The Morgan fingerprint density at radius 1 is 0.971 bits per heavy atom. The van der Waals surface area contributed by atoms with E-state index in [4.69, 9.17) is 16.3 Å². The van der Waals surface area contributed by atoms with Gasteiger partial charge in [0.2, 0.25) is 5.78 Å². The molecule has 0 aliphatic rings. The average Bonchev–Trinajstić information content (AvgIpc) is 3.12. The molecule has 5 nitrogen and oxygen atoms in total. The van der Waals surface area contributed by atoms with Gasteiger partial charge in [-0.2, -0.15) is 0 Å². The van der Waals surface area contributed by atoms with Crippen LogP contribution in [0, 0.1) is 27.7 Å². The number of phenols is 1. The van der Waals surface area contributed by atoms with Crippen molar-refractivity contribution >= 4 is 51.4 Å². The second-order valence-corrected chi connectivity index (χ2v) is 9.78. The summed E-state index contributed by atoms with van der Waals surface area (Å²) in [6.45, 7) is 7.94. The van der Waals surface area contributed by atoms with Crippen LogP contribution in [0.3, 0.4) is 0 Å². The molecule has 0 fully saturated rings. The van der Waals surface area contributed by atoms with Gasteiger partial charge in [0.15, 0.2) is 5.75 Å². The highest BCUT2D eigenvalue weighted by Crippen LogP contribution is 2.43. The van der Waals surface area contributed by atoms with Crippen molar-refractivity contribution in [2.24, 2.45) is 0 Å². The molecule has 35 heavy (non-hydrogen) atoms. The molecule has 0 aliphatic carbocycles. The Morgan fingerprint density at radius 3 is 2.26 bits per heavy atom. The molecular formula is C28H23ClO5S. The van der Waals surface area contributed by atoms with Crippen LogP contribution in [0.5, 0.6) is 17.2 Å². The standard InChI is InChI=1S/C28H23ClO5S/c1-15-11-21(12-16(2)22(15)7-8-33-14-30)34-27-23-6-5-20(31)13-24(23)35-28(27)26(32)25-17(3)9-19(29)10-18(25)4/h5-14,31H,1-4H3/b8-7+. The second-order valence-electron chi connectivity index (χ2n) is 8.29. The van der Waals surface area contributed by atoms with Gasteiger partial charge >= 0.3 is 0 Å². The summed E-state index contributed by atoms with van der Waals surface area (Å²) in [5, 5.41) is 11.3. The first-order chi connectivity index (χ1) is 16.7. The van der Waals surface area contributed by atoms with E-state index in [2.05, 4.69) is 4.74 Å². The van der Waals surface area contributed by atoms with Crippen molar-refractivity contribution in [3.8, 4) is 17.2 Å². The maximum Gasteiger partial charge on any atom is 0.297 e. The molecular weight excluding hydrogens is 484 g/mol. The maximum atomic E-state index is 13.8. The number of ether oxygens (including phenoxy) is 2. The lowest BCUT2D eigenvalue weighted by Crippen LogP contribution is -2.06. The van der Waals surface area contributed by atoms with Crippen LogP contribution in [-0.2, 0) is 9.53 Å². The van der Waals surface area contributed by atoms with Gasteiger partial charge in [0.1, 0.15) is 16.4 Å². The fourth-order valence-electron chi connectivity index (χ4n) is 4.21. The monoisotopic (exact) mass is 506 g/mol. The third-order valence-corrected chi connectivity index (χ3v) is 7.07. The van der Waals surface area contributed by atoms with Crippen LogP contribution in [0.2, 0.25) is 5.02 Å². The van der Waals surface area contributed by atoms with Gasteiger partial charge in [0, 0.05) is 20.7 Å². The summed E-state index contributed by atoms with van der Waals surface area (Å²) in [5.41, 5.74) is 4.89. The van der Waals surface area contributed by atoms with Crippen LogP contribution in [0.4, 0.5) is 0 Å². The van der Waals surface area contributed by atoms with Gasteiger partial charge < -0.3 is 14.6 Å². The van der Waals surface area contributed by atoms with Crippen LogP contribution < -0.4 is 4.74 Å². The molecule has 0 spiro atoms. The van der Waals surface area contributed by atoms with Gasteiger partial charge in [-0.3, -0.25) is 9.59 Å². The highest BCUT2D eigenvalue weighted by molar-refractivity contribution is 7.21. The van der Waals surface area contributed by atoms with Crippen LogP contribution >= 0.6 is 22.9 Å². The predicted molar refractivity (Wildman–Crippen MR) is 140 cm³/mol. The normalized spacial score (nSPS) is 11.2. The number of ketones is 1. The second kappa shape index (κ2) is 9.94. The molecule has 0 amide bonds. The molecule has 1 heterocycles. The summed E-state index contributed by atoms with van der Waals surface area (Å²) < 4.78 is 11.8. The largest absolute Gasteiger partial charge is 0.508 e. The van der Waals surface area contributed by atoms with E-state index in [0.717, 1.165) is 37.9 Å². The van der Waals surface area contributed by atoms with E-state index in [1.807, 2.05) is 39.8 Å². The van der Waals surface area contributed by atoms with Gasteiger partial charge in [-0.25, -0.2) is 0 Å². The molecule has 3 aromatic carbocycles. The van der Waals surface area contributed by atoms with E-state index >= 15 is 0 Å². The number of aryl methyl sites for hydroxylation is 4. The topological polar surface area (TPSA) is 72.8 Å². The average molecular weight is 507 g/mol. The van der Waals surface area contributed by atoms with Crippen LogP contribution in [0.15, 0.2) is 48.7 Å². The zero-order valence-corrected chi connectivity index (χ0v) is 21.2. The molecule has 0 saturated heterocycles. The SMILES string of the molecule is Cc1cc(Oc2c(C(=O)c3c(C)cc(Cl)cc3C)sc3cc(O)ccc23)cc(C)c1/C=C/OC=O. The zero-order valence-electron chi connectivity index (χ0n) is 19.6. The molecule has 4 rings (SSSR count). The molecule has 7 heteroatoms. The minimum Gasteiger partial charge on any atom is -0.508 e. The van der Waals surface area contributed by atoms with Gasteiger partial charge in [-0.15, -0.1) is 11.3 Å². The Balaban J connectivity index is 1.83. The smallest absolute Gasteiger partial charge is 0.297 e. The van der Waals surface area contributed by atoms with E-state index in [0.29, 0.717) is 33.4 Å². The van der Waals surface area contributed by atoms with Gasteiger partial charge in [-0.1, -0.05) is 11.6 Å². The van der Waals surface area contributed by atoms with Crippen molar-refractivity contribution in [1.82, 2.24) is 0 Å². The molecule has 0 aliphatic heterocycles. The van der Waals surface area contributed by atoms with Crippen LogP contribution in [0.25, 0.3) is 16.2 Å². The van der Waals surface area contributed by atoms with E-state index in [1.54, 1.807) is 36.4 Å². The molecule has 178 valence electrons. The lowest BCUT2D eigenvalue weighted by atomic mass is 9.97. The number of thiophene rings is 1. The highest BCUT2D eigenvalue weighted by Gasteiger charge is 2.25. The number of carbonyl (C=O) groups is 2. The molecule has 0 radical (unpaired) electrons. The number of aromatic hydroxyl groups is 1. The first-order valence-corrected chi connectivity index (χ1v) is 12.0. The molecule has 0 unspecified atom stereocenters. The van der Waals surface area contributed by atoms with Crippen LogP contribution in [0.1, 0.15) is 43.1 Å². The Morgan fingerprint density at radius 2 is 1.63 bits per heavy atom. The zero-order chi connectivity index (χ0) is 25.3. The molecule has 1 aromatic heterocycles. The third kappa shape index (κ3) is 4.94. The Labute approximate surface area is 212 Å². The number of hydrogen-bond donors (Lipinski definition) is 1. The number of rotatable bonds is 7. The quantitative estimate of drug-likeness (QED) is 0.158. The minimum atomic E-state index is -0.161. The Hall–Kier alpha value is -3.61. The Bertz CT molecular complexity index is 1450. The number of carbonyl (C=O) groups excluding carboxylic acids is 2. The van der Waals surface area contributed by atoms with E-state index in [1.165, 1.54) is 17.6 Å². The van der Waals surface area contributed by atoms with Crippen molar-refractivity contribution in [2.45, 2.75) is 27.7 Å². The van der Waals surface area contributed by atoms with Gasteiger partial charge in [0.05, 0.1) is 6.26 Å². The predicted octanol–water partition coefficient (Wildman–Crippen LogP) is 7.66. The Kier molecular flexibility index (Phi) is 6.96. The summed E-state index contributed by atoms with van der Waals surface area (Å²) in [7, 11) is 0. The minimum absolute atomic E-state index is 0.114. The van der Waals surface area contributed by atoms with Crippen molar-refractivity contribution in [3.63, 3.8) is 0 Å². The molecule has 1 N–H and O–H groups in total. The lowest BCUT2D eigenvalue weighted by Gasteiger charge is -2.13. The number of halogens is 1. The number of benzene rings is 3. The van der Waals surface area contributed by atoms with E-state index in [9.17, 15) is 14.7 Å². The summed E-state index contributed by atoms with van der Waals surface area (Å²) in [4.78, 5) is 24.6. The number of fused-ring (bicyclic) bond motifs is 1. The highest BCUT2D eigenvalue weighted by atomic mass is 35.5. The van der Waals surface area contributed by atoms with Crippen molar-refractivity contribution in [2.75, 3.05) is 0 Å². The fraction of sp³-hybridized carbons (Fsp3) is 0.143. The number of phenolic OH excluding ortho intramolecular Hbond substituents is 1. The first-order valence-electron chi connectivity index (χ1n) is 10.8. The summed E-state index contributed by atoms with van der Waals surface area (Å²) in [6.07, 6.45) is 3.04. The van der Waals surface area contributed by atoms with Gasteiger partial charge in [0.25, 0.3) is 6.47 Å². The molecule has 0 saturated carbocycles. The van der Waals surface area contributed by atoms with E-state index in [-0.39, 0.29) is 11.5 Å². The molecule has 0 atom stereocenters. The fourth-order valence-corrected chi connectivity index (χ4v) is 5.65. The van der Waals surface area contributed by atoms with Gasteiger partial charge in [-0.05, 0) is 104 Å². The molecule has 0 bridgehead atoms. The lowest BCUT2D eigenvalue weighted by molar-refractivity contribution is -0.123.